The summed E-state index contributed by atoms with van der Waals surface area (Å²) in [5, 5.41) is 0. The minimum Gasteiger partial charge on any atom is -0.492 e. The molecule has 0 spiro atoms. The zero-order valence-electron chi connectivity index (χ0n) is 12.3. The molecule has 0 atom stereocenters. The smallest absolute Gasteiger partial charge is 0.119 e. The van der Waals surface area contributed by atoms with Gasteiger partial charge in [0.05, 0.1) is 0 Å². The SMILES string of the molecule is Cl.S=c1cc(-c2ccc(OCCN3CCCCC3)cc2)ss1. The van der Waals surface area contributed by atoms with Gasteiger partial charge in [-0.05, 0) is 61.8 Å². The molecule has 0 radical (unpaired) electrons. The molecule has 3 rings (SSSR count). The number of piperidine rings is 1. The second kappa shape index (κ2) is 8.99. The van der Waals surface area contributed by atoms with Crippen LogP contribution >= 0.6 is 45.3 Å². The molecule has 0 amide bonds. The normalized spacial score (nSPS) is 15.3. The first-order valence-corrected chi connectivity index (χ1v) is 9.93. The number of benzene rings is 1. The van der Waals surface area contributed by atoms with Crippen LogP contribution in [0.1, 0.15) is 19.3 Å². The van der Waals surface area contributed by atoms with Gasteiger partial charge in [0.25, 0.3) is 0 Å². The minimum absolute atomic E-state index is 0. The molecule has 1 aliphatic rings. The highest BCUT2D eigenvalue weighted by Crippen LogP contribution is 2.30. The van der Waals surface area contributed by atoms with E-state index in [2.05, 4.69) is 35.2 Å². The topological polar surface area (TPSA) is 12.5 Å². The molecule has 0 aliphatic carbocycles. The van der Waals surface area contributed by atoms with E-state index in [1.54, 1.807) is 20.7 Å². The Morgan fingerprint density at radius 2 is 1.77 bits per heavy atom. The van der Waals surface area contributed by atoms with Gasteiger partial charge in [0.15, 0.2) is 0 Å². The van der Waals surface area contributed by atoms with Gasteiger partial charge in [0.2, 0.25) is 0 Å². The summed E-state index contributed by atoms with van der Waals surface area (Å²) in [6.45, 7) is 4.26. The van der Waals surface area contributed by atoms with Gasteiger partial charge in [-0.25, -0.2) is 0 Å². The van der Waals surface area contributed by atoms with Crippen molar-refractivity contribution in [3.05, 3.63) is 34.2 Å². The van der Waals surface area contributed by atoms with Gasteiger partial charge in [-0.1, -0.05) is 39.3 Å². The lowest BCUT2D eigenvalue weighted by molar-refractivity contribution is 0.183. The lowest BCUT2D eigenvalue weighted by atomic mass is 10.1. The Hall–Kier alpha value is -0.460. The highest BCUT2D eigenvalue weighted by Gasteiger charge is 2.09. The summed E-state index contributed by atoms with van der Waals surface area (Å²) in [6, 6.07) is 10.4. The van der Waals surface area contributed by atoms with E-state index in [9.17, 15) is 0 Å². The van der Waals surface area contributed by atoms with Crippen molar-refractivity contribution in [2.45, 2.75) is 19.3 Å². The van der Waals surface area contributed by atoms with Crippen molar-refractivity contribution < 1.29 is 4.74 Å². The Balaban J connectivity index is 0.00000176. The van der Waals surface area contributed by atoms with Crippen LogP contribution in [0.5, 0.6) is 5.75 Å². The van der Waals surface area contributed by atoms with Crippen LogP contribution < -0.4 is 4.74 Å². The molecular weight excluding hydrogens is 354 g/mol. The van der Waals surface area contributed by atoms with Crippen molar-refractivity contribution in [3.8, 4) is 16.2 Å². The summed E-state index contributed by atoms with van der Waals surface area (Å²) >= 11 is 5.18. The zero-order chi connectivity index (χ0) is 14.5. The molecule has 1 aromatic heterocycles. The molecule has 0 unspecified atom stereocenters. The number of ether oxygens (including phenoxy) is 1. The highest BCUT2D eigenvalue weighted by atomic mass is 35.5. The third kappa shape index (κ3) is 5.03. The molecule has 1 aliphatic heterocycles. The Labute approximate surface area is 150 Å². The largest absolute Gasteiger partial charge is 0.492 e. The van der Waals surface area contributed by atoms with Gasteiger partial charge in [-0.2, -0.15) is 0 Å². The number of halogens is 1. The van der Waals surface area contributed by atoms with Crippen molar-refractivity contribution >= 4 is 45.3 Å². The average molecular weight is 374 g/mol. The van der Waals surface area contributed by atoms with Crippen LogP contribution in [-0.2, 0) is 0 Å². The van der Waals surface area contributed by atoms with Crippen LogP contribution in [0.2, 0.25) is 0 Å². The average Bonchev–Trinajstić information content (AvgIpc) is 2.96. The van der Waals surface area contributed by atoms with Gasteiger partial charge < -0.3 is 4.74 Å². The Bertz CT molecular complexity index is 617. The van der Waals surface area contributed by atoms with E-state index >= 15 is 0 Å². The van der Waals surface area contributed by atoms with E-state index in [0.717, 1.165) is 22.7 Å². The van der Waals surface area contributed by atoms with Gasteiger partial charge in [-0.15, -0.1) is 12.4 Å². The lowest BCUT2D eigenvalue weighted by Crippen LogP contribution is -2.33. The van der Waals surface area contributed by atoms with Crippen LogP contribution in [-0.4, -0.2) is 31.1 Å². The molecule has 0 N–H and O–H groups in total. The van der Waals surface area contributed by atoms with Crippen LogP contribution in [0, 0.1) is 3.82 Å². The fourth-order valence-corrected chi connectivity index (χ4v) is 4.97. The van der Waals surface area contributed by atoms with Gasteiger partial charge >= 0.3 is 0 Å². The summed E-state index contributed by atoms with van der Waals surface area (Å²) < 4.78 is 6.80. The van der Waals surface area contributed by atoms with Crippen LogP contribution in [0.25, 0.3) is 10.4 Å². The summed E-state index contributed by atoms with van der Waals surface area (Å²) in [4.78, 5) is 3.74. The minimum atomic E-state index is 0. The molecular formula is C16H20ClNOS3. The number of hydrogen-bond donors (Lipinski definition) is 0. The lowest BCUT2D eigenvalue weighted by Gasteiger charge is -2.26. The predicted octanol–water partition coefficient (Wildman–Crippen LogP) is 5.49. The first kappa shape index (κ1) is 17.9. The van der Waals surface area contributed by atoms with E-state index in [4.69, 9.17) is 17.0 Å². The third-order valence-electron chi connectivity index (χ3n) is 3.73. The number of rotatable bonds is 5. The second-order valence-corrected chi connectivity index (χ2v) is 8.18. The van der Waals surface area contributed by atoms with Crippen LogP contribution in [0.15, 0.2) is 30.3 Å². The maximum atomic E-state index is 5.85. The number of nitrogens with zero attached hydrogens (tertiary/aromatic N) is 1. The number of likely N-dealkylation sites (tertiary alicyclic amines) is 1. The molecule has 1 saturated heterocycles. The fourth-order valence-electron chi connectivity index (χ4n) is 2.56. The zero-order valence-corrected chi connectivity index (χ0v) is 15.6. The summed E-state index contributed by atoms with van der Waals surface area (Å²) in [6.07, 6.45) is 4.05. The Morgan fingerprint density at radius 1 is 1.05 bits per heavy atom. The maximum Gasteiger partial charge on any atom is 0.119 e. The van der Waals surface area contributed by atoms with Crippen LogP contribution in [0.4, 0.5) is 0 Å². The standard InChI is InChI=1S/C16H19NOS3.ClH/c19-16-12-15(20-21-16)13-4-6-14(7-5-13)18-11-10-17-8-2-1-3-9-17;/h4-7,12H,1-3,8-11H2;1H. The van der Waals surface area contributed by atoms with Crippen molar-refractivity contribution in [2.75, 3.05) is 26.2 Å². The molecule has 1 fully saturated rings. The van der Waals surface area contributed by atoms with Crippen molar-refractivity contribution in [2.24, 2.45) is 0 Å². The van der Waals surface area contributed by atoms with E-state index in [1.807, 2.05) is 0 Å². The van der Waals surface area contributed by atoms with Crippen molar-refractivity contribution in [3.63, 3.8) is 0 Å². The summed E-state index contributed by atoms with van der Waals surface area (Å²) in [5.74, 6) is 0.953. The fraction of sp³-hybridized carbons (Fsp3) is 0.438. The first-order valence-electron chi connectivity index (χ1n) is 7.37. The van der Waals surface area contributed by atoms with E-state index < -0.39 is 0 Å². The molecule has 22 heavy (non-hydrogen) atoms. The Morgan fingerprint density at radius 3 is 2.41 bits per heavy atom. The number of hydrogen-bond acceptors (Lipinski definition) is 5. The molecule has 2 nitrogen and oxygen atoms in total. The highest BCUT2D eigenvalue weighted by molar-refractivity contribution is 7.80. The molecule has 2 heterocycles. The van der Waals surface area contributed by atoms with Crippen molar-refractivity contribution in [1.82, 2.24) is 4.90 Å². The molecule has 0 bridgehead atoms. The monoisotopic (exact) mass is 373 g/mol. The molecule has 2 aromatic rings. The summed E-state index contributed by atoms with van der Waals surface area (Å²) in [7, 11) is 3.39. The van der Waals surface area contributed by atoms with Gasteiger partial charge in [-0.3, -0.25) is 4.90 Å². The van der Waals surface area contributed by atoms with E-state index in [-0.39, 0.29) is 12.4 Å². The summed E-state index contributed by atoms with van der Waals surface area (Å²) in [5.41, 5.74) is 1.22. The molecule has 1 aromatic carbocycles. The van der Waals surface area contributed by atoms with E-state index in [0.29, 0.717) is 0 Å². The predicted molar refractivity (Wildman–Crippen MR) is 102 cm³/mol. The first-order chi connectivity index (χ1) is 10.3. The van der Waals surface area contributed by atoms with Gasteiger partial charge in [0, 0.05) is 11.4 Å². The van der Waals surface area contributed by atoms with Crippen LogP contribution in [0.3, 0.4) is 0 Å². The molecule has 0 saturated carbocycles. The molecule has 6 heteroatoms. The Kier molecular flexibility index (Phi) is 7.31. The maximum absolute atomic E-state index is 5.85. The van der Waals surface area contributed by atoms with E-state index in [1.165, 1.54) is 42.8 Å². The molecule has 120 valence electrons. The van der Waals surface area contributed by atoms with Crippen molar-refractivity contribution in [1.29, 1.82) is 0 Å². The van der Waals surface area contributed by atoms with Gasteiger partial charge in [0.1, 0.15) is 16.2 Å². The third-order valence-corrected chi connectivity index (χ3v) is 6.64. The second-order valence-electron chi connectivity index (χ2n) is 5.27. The quantitative estimate of drug-likeness (QED) is 0.507.